The van der Waals surface area contributed by atoms with E-state index in [1.165, 1.54) is 0 Å². The molecular formula is C25H25N5O2S2. The molecule has 0 unspecified atom stereocenters. The highest BCUT2D eigenvalue weighted by Gasteiger charge is 2.34. The van der Waals surface area contributed by atoms with Crippen LogP contribution >= 0.6 is 11.3 Å². The van der Waals surface area contributed by atoms with Crippen molar-refractivity contribution in [3.8, 4) is 22.5 Å². The number of anilines is 1. The van der Waals surface area contributed by atoms with E-state index in [0.717, 1.165) is 65.3 Å². The number of sulfone groups is 1. The molecule has 4 aromatic rings. The van der Waals surface area contributed by atoms with E-state index in [4.69, 9.17) is 9.97 Å². The molecule has 2 saturated heterocycles. The summed E-state index contributed by atoms with van der Waals surface area (Å²) in [6.45, 7) is 3.27. The Labute approximate surface area is 203 Å². The molecule has 2 aliphatic heterocycles. The largest absolute Gasteiger partial charge is 0.353 e. The molecular weight excluding hydrogens is 466 g/mol. The second-order valence-electron chi connectivity index (χ2n) is 8.89. The number of piperazine rings is 1. The van der Waals surface area contributed by atoms with Gasteiger partial charge >= 0.3 is 0 Å². The van der Waals surface area contributed by atoms with Crippen LogP contribution in [0.5, 0.6) is 0 Å². The molecule has 34 heavy (non-hydrogen) atoms. The summed E-state index contributed by atoms with van der Waals surface area (Å²) in [5, 5.41) is 3.26. The Bertz CT molecular complexity index is 1420. The number of hydrogen-bond acceptors (Lipinski definition) is 8. The predicted molar refractivity (Wildman–Crippen MR) is 137 cm³/mol. The van der Waals surface area contributed by atoms with Crippen LogP contribution in [0, 0.1) is 0 Å². The zero-order chi connectivity index (χ0) is 23.1. The second kappa shape index (κ2) is 8.72. The molecule has 5 heterocycles. The number of fused-ring (bicyclic) bond motifs is 1. The molecule has 3 aromatic heterocycles. The van der Waals surface area contributed by atoms with Gasteiger partial charge in [-0.1, -0.05) is 30.3 Å². The lowest BCUT2D eigenvalue weighted by Crippen LogP contribution is -2.51. The summed E-state index contributed by atoms with van der Waals surface area (Å²) in [7, 11) is -2.88. The average Bonchev–Trinajstić information content (AvgIpc) is 3.47. The van der Waals surface area contributed by atoms with Gasteiger partial charge in [-0.15, -0.1) is 11.3 Å². The minimum Gasteiger partial charge on any atom is -0.353 e. The number of rotatable bonds is 4. The van der Waals surface area contributed by atoms with Gasteiger partial charge in [0.05, 0.1) is 16.9 Å². The number of hydrogen-bond donors (Lipinski definition) is 0. The molecule has 6 rings (SSSR count). The minimum atomic E-state index is -2.88. The fourth-order valence-electron chi connectivity index (χ4n) is 4.97. The van der Waals surface area contributed by atoms with Gasteiger partial charge in [0.2, 0.25) is 0 Å². The summed E-state index contributed by atoms with van der Waals surface area (Å²) in [5.74, 6) is 2.23. The lowest BCUT2D eigenvalue weighted by atomic mass is 10.1. The van der Waals surface area contributed by atoms with E-state index in [1.807, 2.05) is 18.2 Å². The van der Waals surface area contributed by atoms with Crippen molar-refractivity contribution in [1.29, 1.82) is 0 Å². The molecule has 0 radical (unpaired) electrons. The lowest BCUT2D eigenvalue weighted by molar-refractivity contribution is 0.200. The molecule has 2 aliphatic rings. The highest BCUT2D eigenvalue weighted by molar-refractivity contribution is 7.91. The Balaban J connectivity index is 1.38. The molecule has 0 spiro atoms. The van der Waals surface area contributed by atoms with Gasteiger partial charge in [0.1, 0.15) is 10.6 Å². The number of benzene rings is 1. The van der Waals surface area contributed by atoms with Gasteiger partial charge < -0.3 is 4.90 Å². The van der Waals surface area contributed by atoms with Crippen LogP contribution in [0.4, 0.5) is 5.82 Å². The van der Waals surface area contributed by atoms with Gasteiger partial charge in [-0.3, -0.25) is 9.88 Å². The first-order chi connectivity index (χ1) is 16.6. The van der Waals surface area contributed by atoms with E-state index in [0.29, 0.717) is 17.3 Å². The maximum absolute atomic E-state index is 12.0. The van der Waals surface area contributed by atoms with Crippen LogP contribution in [0.3, 0.4) is 0 Å². The van der Waals surface area contributed by atoms with Crippen LogP contribution in [-0.2, 0) is 9.84 Å². The summed E-state index contributed by atoms with van der Waals surface area (Å²) in [6.07, 6.45) is 4.30. The van der Waals surface area contributed by atoms with Gasteiger partial charge in [-0.2, -0.15) is 0 Å². The third-order valence-electron chi connectivity index (χ3n) is 6.76. The number of thiophene rings is 1. The van der Waals surface area contributed by atoms with E-state index < -0.39 is 9.84 Å². The Kier molecular flexibility index (Phi) is 5.55. The quantitative estimate of drug-likeness (QED) is 0.430. The highest BCUT2D eigenvalue weighted by Crippen LogP contribution is 2.39. The first kappa shape index (κ1) is 21.6. The second-order valence-corrected chi connectivity index (χ2v) is 12.0. The molecule has 0 N–H and O–H groups in total. The van der Waals surface area contributed by atoms with Crippen LogP contribution in [0.1, 0.15) is 6.42 Å². The van der Waals surface area contributed by atoms with Crippen molar-refractivity contribution in [3.63, 3.8) is 0 Å². The van der Waals surface area contributed by atoms with Crippen LogP contribution < -0.4 is 4.90 Å². The van der Waals surface area contributed by atoms with Crippen LogP contribution in [-0.4, -0.2) is 72.0 Å². The van der Waals surface area contributed by atoms with Crippen LogP contribution in [0.15, 0.2) is 60.2 Å². The van der Waals surface area contributed by atoms with Gasteiger partial charge in [0, 0.05) is 61.1 Å². The molecule has 0 bridgehead atoms. The standard InChI is InChI=1S/C25H25N5O2S2/c31-34(32)14-8-20(17-34)29-10-12-30(13-11-29)24-22-21(18-5-2-1-3-6-18)16-33-25(22)28-23(27-24)19-7-4-9-26-15-19/h1-7,9,15-16,20H,8,10-14,17H2/t20-/m1/s1. The van der Waals surface area contributed by atoms with Gasteiger partial charge in [0.25, 0.3) is 0 Å². The fraction of sp³-hybridized carbons (Fsp3) is 0.320. The van der Waals surface area contributed by atoms with Crippen molar-refractivity contribution >= 4 is 37.2 Å². The molecule has 0 saturated carbocycles. The molecule has 2 fully saturated rings. The highest BCUT2D eigenvalue weighted by atomic mass is 32.2. The minimum absolute atomic E-state index is 0.143. The van der Waals surface area contributed by atoms with E-state index in [9.17, 15) is 8.42 Å². The summed E-state index contributed by atoms with van der Waals surface area (Å²) >= 11 is 1.64. The summed E-state index contributed by atoms with van der Waals surface area (Å²) in [5.41, 5.74) is 3.20. The third-order valence-corrected chi connectivity index (χ3v) is 9.38. The van der Waals surface area contributed by atoms with Crippen molar-refractivity contribution in [2.45, 2.75) is 12.5 Å². The lowest BCUT2D eigenvalue weighted by Gasteiger charge is -2.38. The SMILES string of the molecule is O=S1(=O)CC[C@@H](N2CCN(c3nc(-c4cccnc4)nc4scc(-c5ccccc5)c34)CC2)C1. The Morgan fingerprint density at radius 1 is 0.941 bits per heavy atom. The molecule has 1 atom stereocenters. The van der Waals surface area contributed by atoms with Gasteiger partial charge in [-0.25, -0.2) is 18.4 Å². The predicted octanol–water partition coefficient (Wildman–Crippen LogP) is 3.73. The normalized spacial score (nSPS) is 20.7. The van der Waals surface area contributed by atoms with Crippen molar-refractivity contribution in [2.24, 2.45) is 0 Å². The van der Waals surface area contributed by atoms with Crippen molar-refractivity contribution < 1.29 is 8.42 Å². The summed E-state index contributed by atoms with van der Waals surface area (Å²) in [4.78, 5) is 19.9. The summed E-state index contributed by atoms with van der Waals surface area (Å²) < 4.78 is 23.9. The zero-order valence-electron chi connectivity index (χ0n) is 18.7. The maximum atomic E-state index is 12.0. The first-order valence-corrected chi connectivity index (χ1v) is 14.2. The average molecular weight is 492 g/mol. The van der Waals surface area contributed by atoms with Crippen molar-refractivity contribution in [2.75, 3.05) is 42.6 Å². The van der Waals surface area contributed by atoms with E-state index in [2.05, 4.69) is 44.4 Å². The molecule has 0 amide bonds. The van der Waals surface area contributed by atoms with Gasteiger partial charge in [0.15, 0.2) is 15.7 Å². The number of nitrogens with zero attached hydrogens (tertiary/aromatic N) is 5. The van der Waals surface area contributed by atoms with E-state index in [-0.39, 0.29) is 6.04 Å². The molecule has 7 nitrogen and oxygen atoms in total. The maximum Gasteiger partial charge on any atom is 0.164 e. The number of pyridine rings is 1. The van der Waals surface area contributed by atoms with Crippen LogP contribution in [0.25, 0.3) is 32.7 Å². The monoisotopic (exact) mass is 491 g/mol. The molecule has 9 heteroatoms. The Hall–Kier alpha value is -2.88. The third kappa shape index (κ3) is 4.08. The smallest absolute Gasteiger partial charge is 0.164 e. The van der Waals surface area contributed by atoms with Crippen LogP contribution in [0.2, 0.25) is 0 Å². The Morgan fingerprint density at radius 2 is 1.74 bits per heavy atom. The van der Waals surface area contributed by atoms with Gasteiger partial charge in [-0.05, 0) is 24.1 Å². The number of aromatic nitrogens is 3. The topological polar surface area (TPSA) is 79.3 Å². The molecule has 174 valence electrons. The van der Waals surface area contributed by atoms with Crippen molar-refractivity contribution in [3.05, 3.63) is 60.2 Å². The zero-order valence-corrected chi connectivity index (χ0v) is 20.3. The van der Waals surface area contributed by atoms with E-state index >= 15 is 0 Å². The summed E-state index contributed by atoms with van der Waals surface area (Å²) in [6, 6.07) is 14.4. The first-order valence-electron chi connectivity index (χ1n) is 11.5. The van der Waals surface area contributed by atoms with Crippen molar-refractivity contribution in [1.82, 2.24) is 19.9 Å². The fourth-order valence-corrected chi connectivity index (χ4v) is 7.67. The Morgan fingerprint density at radius 3 is 2.44 bits per heavy atom. The molecule has 0 aliphatic carbocycles. The molecule has 1 aromatic carbocycles. The van der Waals surface area contributed by atoms with E-state index in [1.54, 1.807) is 23.7 Å².